The highest BCUT2D eigenvalue weighted by Gasteiger charge is 2.28. The van der Waals surface area contributed by atoms with Crippen LogP contribution in [0.1, 0.15) is 21.9 Å². The van der Waals surface area contributed by atoms with Gasteiger partial charge in [-0.15, -0.1) is 12.4 Å². The van der Waals surface area contributed by atoms with Gasteiger partial charge in [0, 0.05) is 38.1 Å². The number of hydrogen-bond acceptors (Lipinski definition) is 7. The molecule has 0 fully saturated rings. The SMILES string of the molecule is Cl.NCCOc1cccnc1C(=O)N1CCc2oc(-c3cccnc3)nc2C1. The van der Waals surface area contributed by atoms with E-state index >= 15 is 0 Å². The van der Waals surface area contributed by atoms with Crippen molar-refractivity contribution in [2.24, 2.45) is 5.73 Å². The van der Waals surface area contributed by atoms with Gasteiger partial charge in [0.25, 0.3) is 5.91 Å². The van der Waals surface area contributed by atoms with Gasteiger partial charge in [-0.2, -0.15) is 0 Å². The van der Waals surface area contributed by atoms with E-state index in [1.807, 2.05) is 12.1 Å². The molecule has 0 radical (unpaired) electrons. The molecule has 0 atom stereocenters. The van der Waals surface area contributed by atoms with Crippen LogP contribution in [0, 0.1) is 0 Å². The van der Waals surface area contributed by atoms with E-state index in [0.717, 1.165) is 17.0 Å². The van der Waals surface area contributed by atoms with Crippen molar-refractivity contribution in [1.82, 2.24) is 19.9 Å². The second-order valence-electron chi connectivity index (χ2n) is 6.09. The van der Waals surface area contributed by atoms with Crippen molar-refractivity contribution in [2.75, 3.05) is 19.7 Å². The van der Waals surface area contributed by atoms with E-state index in [1.54, 1.807) is 35.6 Å². The van der Waals surface area contributed by atoms with Crippen LogP contribution >= 0.6 is 12.4 Å². The number of pyridine rings is 2. The summed E-state index contributed by atoms with van der Waals surface area (Å²) in [5, 5.41) is 0. The number of aromatic nitrogens is 3. The molecule has 9 heteroatoms. The number of nitrogens with zero attached hydrogens (tertiary/aromatic N) is 4. The second-order valence-corrected chi connectivity index (χ2v) is 6.09. The van der Waals surface area contributed by atoms with Gasteiger partial charge in [-0.05, 0) is 24.3 Å². The zero-order valence-electron chi connectivity index (χ0n) is 15.1. The van der Waals surface area contributed by atoms with Gasteiger partial charge in [-0.3, -0.25) is 9.78 Å². The normalized spacial score (nSPS) is 12.8. The van der Waals surface area contributed by atoms with Crippen LogP contribution in [-0.2, 0) is 13.0 Å². The first-order valence-electron chi connectivity index (χ1n) is 8.72. The number of carbonyl (C=O) groups is 1. The number of halogens is 1. The molecule has 0 unspecified atom stereocenters. The minimum Gasteiger partial charge on any atom is -0.490 e. The Balaban J connectivity index is 0.00000225. The van der Waals surface area contributed by atoms with Gasteiger partial charge >= 0.3 is 0 Å². The minimum absolute atomic E-state index is 0. The lowest BCUT2D eigenvalue weighted by Gasteiger charge is -2.25. The first-order chi connectivity index (χ1) is 13.3. The molecule has 8 nitrogen and oxygen atoms in total. The second kappa shape index (κ2) is 8.81. The van der Waals surface area contributed by atoms with Crippen LogP contribution in [0.5, 0.6) is 5.75 Å². The third kappa shape index (κ3) is 3.97. The van der Waals surface area contributed by atoms with Crippen LogP contribution in [0.2, 0.25) is 0 Å². The van der Waals surface area contributed by atoms with Crippen LogP contribution < -0.4 is 10.5 Å². The number of ether oxygens (including phenoxy) is 1. The molecule has 4 rings (SSSR count). The largest absolute Gasteiger partial charge is 0.490 e. The smallest absolute Gasteiger partial charge is 0.276 e. The first kappa shape index (κ1) is 19.8. The molecular weight excluding hydrogens is 382 g/mol. The molecule has 0 saturated heterocycles. The molecule has 0 spiro atoms. The predicted molar refractivity (Wildman–Crippen MR) is 104 cm³/mol. The molecule has 28 heavy (non-hydrogen) atoms. The lowest BCUT2D eigenvalue weighted by molar-refractivity contribution is 0.0717. The van der Waals surface area contributed by atoms with Gasteiger partial charge in [0.15, 0.2) is 11.4 Å². The van der Waals surface area contributed by atoms with Gasteiger partial charge in [0.05, 0.1) is 12.1 Å². The van der Waals surface area contributed by atoms with Crippen LogP contribution in [0.4, 0.5) is 0 Å². The van der Waals surface area contributed by atoms with Gasteiger partial charge in [0.2, 0.25) is 5.89 Å². The lowest BCUT2D eigenvalue weighted by atomic mass is 10.1. The average molecular weight is 402 g/mol. The standard InChI is InChI=1S/C19H19N5O3.ClH/c20-6-10-26-16-4-2-8-22-17(16)19(25)24-9-5-15-14(12-24)23-18(27-15)13-3-1-7-21-11-13;/h1-4,7-8,11H,5-6,9-10,12,20H2;1H. The number of nitrogens with two attached hydrogens (primary N) is 1. The first-order valence-corrected chi connectivity index (χ1v) is 8.72. The Labute approximate surface area is 168 Å². The third-order valence-corrected chi connectivity index (χ3v) is 4.27. The van der Waals surface area contributed by atoms with Crippen molar-refractivity contribution in [1.29, 1.82) is 0 Å². The Kier molecular flexibility index (Phi) is 6.23. The summed E-state index contributed by atoms with van der Waals surface area (Å²) in [4.78, 5) is 27.5. The topological polar surface area (TPSA) is 107 Å². The van der Waals surface area contributed by atoms with Gasteiger partial charge < -0.3 is 19.8 Å². The molecule has 3 aromatic rings. The molecule has 1 aliphatic rings. The average Bonchev–Trinajstić information content (AvgIpc) is 3.16. The highest BCUT2D eigenvalue weighted by Crippen LogP contribution is 2.27. The van der Waals surface area contributed by atoms with E-state index in [-0.39, 0.29) is 24.0 Å². The Bertz CT molecular complexity index is 948. The molecule has 0 aliphatic carbocycles. The van der Waals surface area contributed by atoms with E-state index < -0.39 is 0 Å². The van der Waals surface area contributed by atoms with Crippen LogP contribution in [0.25, 0.3) is 11.5 Å². The van der Waals surface area contributed by atoms with Crippen molar-refractivity contribution < 1.29 is 13.9 Å². The number of oxazole rings is 1. The Morgan fingerprint density at radius 3 is 2.93 bits per heavy atom. The molecule has 0 saturated carbocycles. The minimum atomic E-state index is -0.195. The number of fused-ring (bicyclic) bond motifs is 1. The van der Waals surface area contributed by atoms with Gasteiger partial charge in [-0.25, -0.2) is 9.97 Å². The number of rotatable bonds is 5. The summed E-state index contributed by atoms with van der Waals surface area (Å²) in [7, 11) is 0. The van der Waals surface area contributed by atoms with Crippen molar-refractivity contribution in [3.63, 3.8) is 0 Å². The molecule has 1 aliphatic heterocycles. The van der Waals surface area contributed by atoms with Crippen molar-refractivity contribution in [3.05, 3.63) is 60.0 Å². The maximum atomic E-state index is 13.0. The quantitative estimate of drug-likeness (QED) is 0.697. The summed E-state index contributed by atoms with van der Waals surface area (Å²) >= 11 is 0. The van der Waals surface area contributed by atoms with Crippen molar-refractivity contribution in [3.8, 4) is 17.2 Å². The lowest BCUT2D eigenvalue weighted by Crippen LogP contribution is -2.36. The molecule has 0 aromatic carbocycles. The van der Waals surface area contributed by atoms with Gasteiger partial charge in [-0.1, -0.05) is 0 Å². The molecule has 4 heterocycles. The Hall–Kier alpha value is -2.97. The summed E-state index contributed by atoms with van der Waals surface area (Å²) < 4.78 is 11.4. The Morgan fingerprint density at radius 1 is 1.29 bits per heavy atom. The molecule has 3 aromatic heterocycles. The fraction of sp³-hybridized carbons (Fsp3) is 0.263. The fourth-order valence-electron chi connectivity index (χ4n) is 2.97. The van der Waals surface area contributed by atoms with E-state index in [2.05, 4.69) is 15.0 Å². The van der Waals surface area contributed by atoms with E-state index in [1.165, 1.54) is 0 Å². The van der Waals surface area contributed by atoms with E-state index in [0.29, 0.717) is 44.3 Å². The molecular formula is C19H20ClN5O3. The molecule has 146 valence electrons. The van der Waals surface area contributed by atoms with Crippen LogP contribution in [0.15, 0.2) is 47.3 Å². The maximum absolute atomic E-state index is 13.0. The molecule has 0 bridgehead atoms. The van der Waals surface area contributed by atoms with Crippen LogP contribution in [-0.4, -0.2) is 45.5 Å². The number of carbonyl (C=O) groups excluding carboxylic acids is 1. The van der Waals surface area contributed by atoms with Crippen molar-refractivity contribution >= 4 is 18.3 Å². The van der Waals surface area contributed by atoms with E-state index in [4.69, 9.17) is 14.9 Å². The maximum Gasteiger partial charge on any atom is 0.276 e. The Morgan fingerprint density at radius 2 is 2.14 bits per heavy atom. The summed E-state index contributed by atoms with van der Waals surface area (Å²) in [5.74, 6) is 1.57. The molecule has 1 amide bonds. The van der Waals surface area contributed by atoms with Gasteiger partial charge in [0.1, 0.15) is 18.1 Å². The highest BCUT2D eigenvalue weighted by atomic mass is 35.5. The van der Waals surface area contributed by atoms with Crippen molar-refractivity contribution in [2.45, 2.75) is 13.0 Å². The zero-order valence-corrected chi connectivity index (χ0v) is 15.9. The van der Waals surface area contributed by atoms with Crippen LogP contribution in [0.3, 0.4) is 0 Å². The van der Waals surface area contributed by atoms with E-state index in [9.17, 15) is 4.79 Å². The number of hydrogen-bond donors (Lipinski definition) is 1. The summed E-state index contributed by atoms with van der Waals surface area (Å²) in [6.07, 6.45) is 5.58. The third-order valence-electron chi connectivity index (χ3n) is 4.27. The summed E-state index contributed by atoms with van der Waals surface area (Å²) in [6.45, 7) is 1.59. The summed E-state index contributed by atoms with van der Waals surface area (Å²) in [6, 6.07) is 7.18. The molecule has 2 N–H and O–H groups in total. The zero-order chi connectivity index (χ0) is 18.6. The summed E-state index contributed by atoms with van der Waals surface area (Å²) in [5.41, 5.74) is 7.34. The fourth-order valence-corrected chi connectivity index (χ4v) is 2.97. The monoisotopic (exact) mass is 401 g/mol. The number of amides is 1. The highest BCUT2D eigenvalue weighted by molar-refractivity contribution is 5.95. The predicted octanol–water partition coefficient (Wildman–Crippen LogP) is 2.09.